The van der Waals surface area contributed by atoms with Gasteiger partial charge in [0.25, 0.3) is 0 Å². The van der Waals surface area contributed by atoms with Gasteiger partial charge in [-0.2, -0.15) is 8.42 Å². The number of nitrogens with one attached hydrogen (secondary N) is 1. The second-order valence-corrected chi connectivity index (χ2v) is 19.3. The lowest BCUT2D eigenvalue weighted by molar-refractivity contribution is -0.302. The van der Waals surface area contributed by atoms with Gasteiger partial charge in [0, 0.05) is 6.42 Å². The molecule has 12 nitrogen and oxygen atoms in total. The van der Waals surface area contributed by atoms with Crippen molar-refractivity contribution in [3.8, 4) is 0 Å². The summed E-state index contributed by atoms with van der Waals surface area (Å²) >= 11 is 0. The zero-order valence-electron chi connectivity index (χ0n) is 38.7. The van der Waals surface area contributed by atoms with Crippen molar-refractivity contribution in [2.24, 2.45) is 0 Å². The van der Waals surface area contributed by atoms with Crippen LogP contribution in [0.4, 0.5) is 0 Å². The number of ether oxygens (including phenoxy) is 2. The van der Waals surface area contributed by atoms with Crippen LogP contribution in [0.3, 0.4) is 0 Å². The molecule has 1 heterocycles. The molecular formula is C52H77NO11S. The number of aryl methyl sites for hydroxylation is 1. The average molecular weight is 924 g/mol. The van der Waals surface area contributed by atoms with Crippen molar-refractivity contribution in [3.05, 3.63) is 72.3 Å². The Kier molecular flexibility index (Phi) is 22.9. The SMILES string of the molecule is CCCCCCCCCCCCCC=CC(OS(=O)(=O)O)C(COC1OC(CO)C(O)C(O)C1O)NC(=O)CCCCCCCCCCCc1ccc2ccc3cccc4ccc1c2c34. The Labute approximate surface area is 387 Å². The molecule has 0 spiro atoms. The van der Waals surface area contributed by atoms with Crippen LogP contribution in [0.1, 0.15) is 154 Å². The lowest BCUT2D eigenvalue weighted by Gasteiger charge is -2.40. The molecule has 5 rings (SSSR count). The van der Waals surface area contributed by atoms with E-state index in [2.05, 4.69) is 66.8 Å². The number of rotatable bonds is 33. The van der Waals surface area contributed by atoms with E-state index in [1.165, 1.54) is 108 Å². The molecule has 0 saturated carbocycles. The van der Waals surface area contributed by atoms with Crippen molar-refractivity contribution in [2.75, 3.05) is 13.2 Å². The van der Waals surface area contributed by atoms with Crippen LogP contribution in [0.15, 0.2) is 66.7 Å². The minimum absolute atomic E-state index is 0.167. The molecule has 1 saturated heterocycles. The molecule has 1 aliphatic rings. The Balaban J connectivity index is 1.03. The van der Waals surface area contributed by atoms with Crippen LogP contribution in [0.5, 0.6) is 0 Å². The van der Waals surface area contributed by atoms with Gasteiger partial charge in [0.05, 0.1) is 19.3 Å². The standard InChI is InChI=1S/C52H77NO11S/c1-2-3-4-5-6-7-8-9-10-13-16-19-22-28-44(64-65(59,60)61)43(37-62-52-51(58)50(57)49(56)45(36-54)63-52)53-46(55)29-23-20-17-14-11-12-15-18-21-25-38-30-31-41-33-32-39-26-24-27-40-34-35-42(38)48(41)47(39)40/h22,24,26-28,30-35,43-45,49-52,54,56-58H,2-21,23,25,29,36-37H2,1H3,(H,53,55)(H,59,60,61). The van der Waals surface area contributed by atoms with Crippen molar-refractivity contribution < 1.29 is 51.8 Å². The summed E-state index contributed by atoms with van der Waals surface area (Å²) < 4.78 is 49.9. The number of unbranched alkanes of at least 4 members (excludes halogenated alkanes) is 19. The minimum atomic E-state index is -4.97. The number of allylic oxidation sites excluding steroid dienone is 1. The van der Waals surface area contributed by atoms with E-state index in [-0.39, 0.29) is 12.3 Å². The van der Waals surface area contributed by atoms with Crippen LogP contribution in [-0.2, 0) is 35.3 Å². The van der Waals surface area contributed by atoms with E-state index in [1.807, 2.05) is 0 Å². The molecule has 65 heavy (non-hydrogen) atoms. The number of hydrogen-bond acceptors (Lipinski definition) is 10. The smallest absolute Gasteiger partial charge is 0.394 e. The van der Waals surface area contributed by atoms with Crippen molar-refractivity contribution in [3.63, 3.8) is 0 Å². The first-order valence-electron chi connectivity index (χ1n) is 24.7. The summed E-state index contributed by atoms with van der Waals surface area (Å²) in [5, 5.41) is 51.4. The minimum Gasteiger partial charge on any atom is -0.394 e. The Hall–Kier alpha value is -3.24. The first-order chi connectivity index (χ1) is 31.5. The topological polar surface area (TPSA) is 192 Å². The van der Waals surface area contributed by atoms with Gasteiger partial charge in [-0.1, -0.05) is 183 Å². The summed E-state index contributed by atoms with van der Waals surface area (Å²) in [7, 11) is -4.97. The van der Waals surface area contributed by atoms with E-state index < -0.39 is 66.5 Å². The third-order valence-corrected chi connectivity index (χ3v) is 13.5. The zero-order valence-corrected chi connectivity index (χ0v) is 39.5. The number of hydrogen-bond donors (Lipinski definition) is 6. The molecule has 0 aliphatic carbocycles. The molecule has 4 aromatic carbocycles. The second kappa shape index (κ2) is 28.2. The quantitative estimate of drug-likeness (QED) is 0.0115. The average Bonchev–Trinajstić information content (AvgIpc) is 3.29. The van der Waals surface area contributed by atoms with E-state index in [1.54, 1.807) is 6.08 Å². The first-order valence-corrected chi connectivity index (χ1v) is 26.1. The number of amides is 1. The highest BCUT2D eigenvalue weighted by molar-refractivity contribution is 7.80. The number of benzene rings is 4. The van der Waals surface area contributed by atoms with Crippen molar-refractivity contribution >= 4 is 48.6 Å². The molecule has 7 unspecified atom stereocenters. The van der Waals surface area contributed by atoms with E-state index in [0.29, 0.717) is 12.8 Å². The molecule has 7 atom stereocenters. The molecule has 0 aromatic heterocycles. The molecule has 1 aliphatic heterocycles. The van der Waals surface area contributed by atoms with Gasteiger partial charge in [0.15, 0.2) is 6.29 Å². The summed E-state index contributed by atoms with van der Waals surface area (Å²) in [4.78, 5) is 13.3. The fourth-order valence-corrected chi connectivity index (χ4v) is 9.76. The van der Waals surface area contributed by atoms with E-state index in [4.69, 9.17) is 13.7 Å². The normalized spacial score (nSPS) is 20.4. The summed E-state index contributed by atoms with van der Waals surface area (Å²) in [5.74, 6) is -0.375. The fraction of sp³-hybridized carbons (Fsp3) is 0.635. The van der Waals surface area contributed by atoms with Crippen LogP contribution in [0, 0.1) is 0 Å². The summed E-state index contributed by atoms with van der Waals surface area (Å²) in [6.07, 6.45) is 18.4. The maximum Gasteiger partial charge on any atom is 0.398 e. The Morgan fingerprint density at radius 3 is 1.88 bits per heavy atom. The van der Waals surface area contributed by atoms with E-state index in [0.717, 1.165) is 64.2 Å². The zero-order chi connectivity index (χ0) is 46.4. The molecule has 362 valence electrons. The van der Waals surface area contributed by atoms with E-state index in [9.17, 15) is 38.2 Å². The third kappa shape index (κ3) is 17.1. The number of carbonyl (C=O) groups is 1. The maximum absolute atomic E-state index is 13.3. The van der Waals surface area contributed by atoms with Crippen molar-refractivity contribution in [1.29, 1.82) is 0 Å². The summed E-state index contributed by atoms with van der Waals surface area (Å²) in [5.41, 5.74) is 1.42. The fourth-order valence-electron chi connectivity index (χ4n) is 9.28. The molecule has 6 N–H and O–H groups in total. The molecule has 4 aromatic rings. The van der Waals surface area contributed by atoms with Crippen molar-refractivity contribution in [2.45, 2.75) is 197 Å². The van der Waals surface area contributed by atoms with Gasteiger partial charge in [-0.05, 0) is 70.0 Å². The lowest BCUT2D eigenvalue weighted by Crippen LogP contribution is -2.60. The highest BCUT2D eigenvalue weighted by atomic mass is 32.3. The number of aliphatic hydroxyl groups excluding tert-OH is 4. The lowest BCUT2D eigenvalue weighted by atomic mass is 9.90. The Morgan fingerprint density at radius 2 is 1.26 bits per heavy atom. The highest BCUT2D eigenvalue weighted by Gasteiger charge is 2.44. The highest BCUT2D eigenvalue weighted by Crippen LogP contribution is 2.36. The number of aliphatic hydroxyl groups is 4. The van der Waals surface area contributed by atoms with Crippen LogP contribution >= 0.6 is 0 Å². The maximum atomic E-state index is 13.3. The monoisotopic (exact) mass is 924 g/mol. The molecule has 0 bridgehead atoms. The van der Waals surface area contributed by atoms with Crippen LogP contribution in [-0.4, -0.2) is 95.4 Å². The van der Waals surface area contributed by atoms with Gasteiger partial charge in [-0.15, -0.1) is 0 Å². The largest absolute Gasteiger partial charge is 0.398 e. The van der Waals surface area contributed by atoms with Crippen LogP contribution in [0.2, 0.25) is 0 Å². The van der Waals surface area contributed by atoms with Gasteiger partial charge >= 0.3 is 10.4 Å². The van der Waals surface area contributed by atoms with Crippen molar-refractivity contribution in [1.82, 2.24) is 5.32 Å². The molecular weight excluding hydrogens is 847 g/mol. The Morgan fingerprint density at radius 1 is 0.708 bits per heavy atom. The van der Waals surface area contributed by atoms with Gasteiger partial charge < -0.3 is 35.2 Å². The second-order valence-electron chi connectivity index (χ2n) is 18.2. The summed E-state index contributed by atoms with van der Waals surface area (Å²) in [6.45, 7) is 1.11. The Bertz CT molecular complexity index is 2090. The molecule has 1 fully saturated rings. The molecule has 0 radical (unpaired) electrons. The van der Waals surface area contributed by atoms with Crippen LogP contribution in [0.25, 0.3) is 32.3 Å². The van der Waals surface area contributed by atoms with Gasteiger partial charge in [0.1, 0.15) is 30.5 Å². The first kappa shape index (κ1) is 52.7. The predicted molar refractivity (Wildman–Crippen MR) is 258 cm³/mol. The van der Waals surface area contributed by atoms with Gasteiger partial charge in [-0.25, -0.2) is 4.18 Å². The van der Waals surface area contributed by atoms with Gasteiger partial charge in [0.2, 0.25) is 5.91 Å². The predicted octanol–water partition coefficient (Wildman–Crippen LogP) is 9.77. The number of carbonyl (C=O) groups excluding carboxylic acids is 1. The van der Waals surface area contributed by atoms with Crippen LogP contribution < -0.4 is 5.32 Å². The molecule has 1 amide bonds. The van der Waals surface area contributed by atoms with Gasteiger partial charge in [-0.3, -0.25) is 9.35 Å². The third-order valence-electron chi connectivity index (χ3n) is 13.0. The summed E-state index contributed by atoms with van der Waals surface area (Å²) in [6, 6.07) is 18.9. The van der Waals surface area contributed by atoms with E-state index >= 15 is 0 Å². The molecule has 13 heteroatoms.